The lowest BCUT2D eigenvalue weighted by atomic mass is 10.0. The Hall–Kier alpha value is -1.66. The Morgan fingerprint density at radius 2 is 0.895 bits per heavy atom. The number of carbonyl (C=O) groups is 2. The molecule has 0 radical (unpaired) electrons. The topological polar surface area (TPSA) is 95.9 Å². The van der Waals surface area contributed by atoms with E-state index in [1.165, 1.54) is 154 Å². The van der Waals surface area contributed by atoms with Gasteiger partial charge in [-0.1, -0.05) is 218 Å². The molecule has 6 heteroatoms. The number of hydrogen-bond acceptors (Lipinski definition) is 5. The van der Waals surface area contributed by atoms with Gasteiger partial charge in [-0.25, -0.2) is 0 Å². The minimum absolute atomic E-state index is 0.0728. The van der Waals surface area contributed by atoms with E-state index < -0.39 is 18.2 Å². The van der Waals surface area contributed by atoms with Gasteiger partial charge in [0.1, 0.15) is 6.10 Å². The highest BCUT2D eigenvalue weighted by atomic mass is 16.5. The zero-order valence-corrected chi connectivity index (χ0v) is 38.2. The van der Waals surface area contributed by atoms with Crippen molar-refractivity contribution in [2.75, 3.05) is 6.61 Å². The second kappa shape index (κ2) is 45.4. The van der Waals surface area contributed by atoms with Gasteiger partial charge < -0.3 is 20.3 Å². The molecule has 6 nitrogen and oxygen atoms in total. The van der Waals surface area contributed by atoms with Crippen molar-refractivity contribution in [3.8, 4) is 0 Å². The maximum absolute atomic E-state index is 13.2. The first-order valence-electron chi connectivity index (χ1n) is 25.1. The molecule has 0 saturated carbocycles. The van der Waals surface area contributed by atoms with E-state index in [0.717, 1.165) is 64.2 Å². The normalized spacial score (nSPS) is 13.4. The second-order valence-electron chi connectivity index (χ2n) is 17.2. The molecule has 0 fully saturated rings. The monoisotopic (exact) mass is 804 g/mol. The van der Waals surface area contributed by atoms with E-state index in [-0.39, 0.29) is 24.9 Å². The predicted molar refractivity (Wildman–Crippen MR) is 246 cm³/mol. The van der Waals surface area contributed by atoms with Gasteiger partial charge in [-0.2, -0.15) is 0 Å². The van der Waals surface area contributed by atoms with Crippen molar-refractivity contribution in [3.63, 3.8) is 0 Å². The third-order valence-electron chi connectivity index (χ3n) is 11.5. The van der Waals surface area contributed by atoms with Crippen molar-refractivity contribution in [3.05, 3.63) is 24.3 Å². The van der Waals surface area contributed by atoms with Crippen LogP contribution in [0, 0.1) is 0 Å². The number of esters is 1. The number of unbranched alkanes of at least 4 members (excludes halogenated alkanes) is 29. The fourth-order valence-electron chi connectivity index (χ4n) is 7.70. The molecular weight excluding hydrogens is 707 g/mol. The van der Waals surface area contributed by atoms with E-state index in [4.69, 9.17) is 4.74 Å². The first-order valence-corrected chi connectivity index (χ1v) is 25.1. The van der Waals surface area contributed by atoms with Gasteiger partial charge in [0.25, 0.3) is 0 Å². The smallest absolute Gasteiger partial charge is 0.306 e. The summed E-state index contributed by atoms with van der Waals surface area (Å²) in [6, 6.07) is -0.700. The zero-order valence-electron chi connectivity index (χ0n) is 38.2. The number of allylic oxidation sites excluding steroid dienone is 4. The molecule has 0 aromatic rings. The number of amides is 1. The van der Waals surface area contributed by atoms with Gasteiger partial charge in [-0.05, 0) is 57.8 Å². The molecule has 3 atom stereocenters. The molecule has 3 N–H and O–H groups in total. The average Bonchev–Trinajstić information content (AvgIpc) is 3.20. The molecule has 0 heterocycles. The van der Waals surface area contributed by atoms with Crippen LogP contribution in [0.15, 0.2) is 24.3 Å². The summed E-state index contributed by atoms with van der Waals surface area (Å²) in [4.78, 5) is 26.0. The highest BCUT2D eigenvalue weighted by Gasteiger charge is 2.24. The highest BCUT2D eigenvalue weighted by molar-refractivity contribution is 5.77. The Labute approximate surface area is 354 Å². The van der Waals surface area contributed by atoms with Crippen LogP contribution in [0.25, 0.3) is 0 Å². The fraction of sp³-hybridized carbons (Fsp3) is 0.882. The van der Waals surface area contributed by atoms with Crippen LogP contribution in [-0.4, -0.2) is 46.9 Å². The lowest BCUT2D eigenvalue weighted by Crippen LogP contribution is -2.46. The quantitative estimate of drug-likeness (QED) is 0.0324. The summed E-state index contributed by atoms with van der Waals surface area (Å²) in [7, 11) is 0. The van der Waals surface area contributed by atoms with Crippen molar-refractivity contribution >= 4 is 11.9 Å². The molecule has 0 spiro atoms. The van der Waals surface area contributed by atoms with Crippen molar-refractivity contribution in [1.82, 2.24) is 5.32 Å². The molecule has 0 aliphatic carbocycles. The van der Waals surface area contributed by atoms with E-state index in [1.807, 2.05) is 0 Å². The minimum atomic E-state index is -0.786. The fourth-order valence-corrected chi connectivity index (χ4v) is 7.70. The maximum atomic E-state index is 13.2. The van der Waals surface area contributed by atoms with Crippen LogP contribution in [0.4, 0.5) is 0 Å². The van der Waals surface area contributed by atoms with Gasteiger partial charge in [0.15, 0.2) is 0 Å². The Morgan fingerprint density at radius 1 is 0.509 bits per heavy atom. The molecular formula is C51H97NO5. The molecule has 0 aliphatic rings. The Morgan fingerprint density at radius 3 is 1.37 bits per heavy atom. The molecule has 0 saturated heterocycles. The summed E-state index contributed by atoms with van der Waals surface area (Å²) in [6.45, 7) is 6.45. The molecule has 0 rings (SSSR count). The third-order valence-corrected chi connectivity index (χ3v) is 11.5. The first-order chi connectivity index (χ1) is 28.0. The average molecular weight is 804 g/mol. The molecule has 336 valence electrons. The van der Waals surface area contributed by atoms with Crippen LogP contribution in [0.3, 0.4) is 0 Å². The van der Waals surface area contributed by atoms with E-state index in [2.05, 4.69) is 50.4 Å². The number of carbonyl (C=O) groups excluding carboxylic acids is 2. The lowest BCUT2D eigenvalue weighted by Gasteiger charge is -2.24. The maximum Gasteiger partial charge on any atom is 0.306 e. The molecule has 0 aromatic heterocycles. The van der Waals surface area contributed by atoms with Crippen molar-refractivity contribution in [2.45, 2.75) is 283 Å². The van der Waals surface area contributed by atoms with Gasteiger partial charge >= 0.3 is 5.97 Å². The Kier molecular flexibility index (Phi) is 44.1. The van der Waals surface area contributed by atoms with Gasteiger partial charge in [0.05, 0.1) is 25.2 Å². The summed E-state index contributed by atoms with van der Waals surface area (Å²) in [5, 5.41) is 23.7. The zero-order chi connectivity index (χ0) is 41.7. The third kappa shape index (κ3) is 40.9. The molecule has 0 bridgehead atoms. The SMILES string of the molecule is CCCCC/C=C\C/C=C\CCCCCCCC(CC(=O)NC(CO)C(O)CCCCCCCCCCCCCCCC)OC(=O)CCCCCCCCCCC. The van der Waals surface area contributed by atoms with Crippen molar-refractivity contribution in [2.24, 2.45) is 0 Å². The van der Waals surface area contributed by atoms with Crippen LogP contribution in [0.5, 0.6) is 0 Å². The van der Waals surface area contributed by atoms with E-state index in [1.54, 1.807) is 0 Å². The largest absolute Gasteiger partial charge is 0.462 e. The van der Waals surface area contributed by atoms with Gasteiger partial charge in [0.2, 0.25) is 5.91 Å². The van der Waals surface area contributed by atoms with Crippen molar-refractivity contribution < 1.29 is 24.5 Å². The van der Waals surface area contributed by atoms with Gasteiger partial charge in [-0.3, -0.25) is 9.59 Å². The first kappa shape index (κ1) is 55.3. The number of nitrogens with one attached hydrogen (secondary N) is 1. The standard InChI is InChI=1S/C51H97NO5/c1-4-7-10-13-16-19-21-23-25-26-28-31-33-36-39-42-47(57-51(56)44-41-38-35-30-18-15-12-9-6-3)45-50(55)52-48(46-53)49(54)43-40-37-34-32-29-27-24-22-20-17-14-11-8-5-2/h16,19,23,25,47-49,53-54H,4-15,17-18,20-22,24,26-46H2,1-3H3,(H,52,55)/b19-16-,25-23-. The summed E-state index contributed by atoms with van der Waals surface area (Å²) < 4.78 is 5.91. The van der Waals surface area contributed by atoms with Crippen LogP contribution >= 0.6 is 0 Å². The number of aliphatic hydroxyl groups is 2. The molecule has 0 aromatic carbocycles. The van der Waals surface area contributed by atoms with Crippen LogP contribution < -0.4 is 5.32 Å². The van der Waals surface area contributed by atoms with Crippen LogP contribution in [-0.2, 0) is 14.3 Å². The summed E-state index contributed by atoms with van der Waals surface area (Å²) in [6.07, 6.45) is 50.9. The Balaban J connectivity index is 4.54. The second-order valence-corrected chi connectivity index (χ2v) is 17.2. The lowest BCUT2D eigenvalue weighted by molar-refractivity contribution is -0.151. The summed E-state index contributed by atoms with van der Waals surface area (Å²) >= 11 is 0. The Bertz CT molecular complexity index is 904. The molecule has 57 heavy (non-hydrogen) atoms. The number of aliphatic hydroxyl groups excluding tert-OH is 2. The van der Waals surface area contributed by atoms with E-state index in [0.29, 0.717) is 19.3 Å². The number of hydrogen-bond donors (Lipinski definition) is 3. The van der Waals surface area contributed by atoms with E-state index >= 15 is 0 Å². The van der Waals surface area contributed by atoms with Crippen molar-refractivity contribution in [1.29, 1.82) is 0 Å². The summed E-state index contributed by atoms with van der Waals surface area (Å²) in [5.74, 6) is -0.479. The molecule has 0 aliphatic heterocycles. The van der Waals surface area contributed by atoms with Gasteiger partial charge in [-0.15, -0.1) is 0 Å². The number of ether oxygens (including phenoxy) is 1. The van der Waals surface area contributed by atoms with Crippen LogP contribution in [0.1, 0.15) is 265 Å². The predicted octanol–water partition coefficient (Wildman–Crippen LogP) is 14.7. The van der Waals surface area contributed by atoms with E-state index in [9.17, 15) is 19.8 Å². The number of rotatable bonds is 45. The van der Waals surface area contributed by atoms with Gasteiger partial charge in [0, 0.05) is 6.42 Å². The van der Waals surface area contributed by atoms with Crippen LogP contribution in [0.2, 0.25) is 0 Å². The highest BCUT2D eigenvalue weighted by Crippen LogP contribution is 2.18. The molecule has 1 amide bonds. The molecule has 3 unspecified atom stereocenters. The minimum Gasteiger partial charge on any atom is -0.462 e. The summed E-state index contributed by atoms with van der Waals surface area (Å²) in [5.41, 5.74) is 0.